The Labute approximate surface area is 157 Å². The molecular weight excluding hydrogens is 363 g/mol. The Hall–Kier alpha value is -1.63. The number of aromatic nitrogens is 2. The van der Waals surface area contributed by atoms with Gasteiger partial charge in [-0.25, -0.2) is 0 Å². The quantitative estimate of drug-likeness (QED) is 0.842. The fraction of sp³-hybridized carbons (Fsp3) is 0.471. The molecule has 2 aromatic rings. The van der Waals surface area contributed by atoms with Crippen LogP contribution in [0, 0.1) is 5.92 Å². The van der Waals surface area contributed by atoms with Gasteiger partial charge in [-0.3, -0.25) is 4.79 Å². The monoisotopic (exact) mass is 384 g/mol. The van der Waals surface area contributed by atoms with Crippen LogP contribution in [0.25, 0.3) is 11.4 Å². The molecule has 2 unspecified atom stereocenters. The molecule has 1 amide bonds. The first-order valence-corrected chi connectivity index (χ1v) is 8.48. The zero-order chi connectivity index (χ0) is 17.2. The van der Waals surface area contributed by atoms with Gasteiger partial charge in [0.05, 0.1) is 12.5 Å². The Morgan fingerprint density at radius 3 is 2.80 bits per heavy atom. The van der Waals surface area contributed by atoms with Gasteiger partial charge in [-0.15, -0.1) is 12.4 Å². The molecule has 0 spiro atoms. The molecule has 0 aliphatic heterocycles. The predicted molar refractivity (Wildman–Crippen MR) is 98.4 cm³/mol. The van der Waals surface area contributed by atoms with Gasteiger partial charge in [0, 0.05) is 16.1 Å². The molecule has 1 aromatic carbocycles. The second kappa shape index (κ2) is 8.17. The van der Waals surface area contributed by atoms with E-state index in [1.54, 1.807) is 12.1 Å². The van der Waals surface area contributed by atoms with E-state index in [0.717, 1.165) is 31.2 Å². The number of carbonyl (C=O) groups is 1. The third kappa shape index (κ3) is 4.71. The summed E-state index contributed by atoms with van der Waals surface area (Å²) in [5.41, 5.74) is 6.62. The maximum atomic E-state index is 12.4. The highest BCUT2D eigenvalue weighted by atomic mass is 35.5. The molecule has 1 aromatic heterocycles. The van der Waals surface area contributed by atoms with E-state index in [-0.39, 0.29) is 30.8 Å². The van der Waals surface area contributed by atoms with Crippen LogP contribution < -0.4 is 11.1 Å². The van der Waals surface area contributed by atoms with E-state index >= 15 is 0 Å². The van der Waals surface area contributed by atoms with Gasteiger partial charge in [0.2, 0.25) is 17.6 Å². The van der Waals surface area contributed by atoms with Crippen molar-refractivity contribution in [1.29, 1.82) is 0 Å². The van der Waals surface area contributed by atoms with E-state index in [1.807, 2.05) is 19.1 Å². The standard InChI is InChI=1S/C17H21ClN4O2.ClH/c1-17(19)9-3-2-4-13(17)16(23)20-10-14-21-15(22-24-14)11-5-7-12(18)8-6-11;/h5-8,13H,2-4,9-10,19H2,1H3,(H,20,23);1H. The highest BCUT2D eigenvalue weighted by Crippen LogP contribution is 2.31. The van der Waals surface area contributed by atoms with Crippen LogP contribution in [0.2, 0.25) is 5.02 Å². The highest BCUT2D eigenvalue weighted by molar-refractivity contribution is 6.30. The number of hydrogen-bond acceptors (Lipinski definition) is 5. The van der Waals surface area contributed by atoms with Crippen molar-refractivity contribution in [1.82, 2.24) is 15.5 Å². The number of nitrogens with two attached hydrogens (primary N) is 1. The Kier molecular flexibility index (Phi) is 6.43. The summed E-state index contributed by atoms with van der Waals surface area (Å²) in [6.45, 7) is 2.15. The molecule has 6 nitrogen and oxygen atoms in total. The lowest BCUT2D eigenvalue weighted by molar-refractivity contribution is -0.128. The van der Waals surface area contributed by atoms with Crippen molar-refractivity contribution in [3.63, 3.8) is 0 Å². The van der Waals surface area contributed by atoms with Gasteiger partial charge in [-0.1, -0.05) is 29.6 Å². The Bertz CT molecular complexity index is 716. The van der Waals surface area contributed by atoms with Gasteiger partial charge in [0.25, 0.3) is 0 Å². The van der Waals surface area contributed by atoms with Crippen molar-refractivity contribution in [3.05, 3.63) is 35.2 Å². The number of amides is 1. The molecule has 8 heteroatoms. The van der Waals surface area contributed by atoms with Gasteiger partial charge < -0.3 is 15.6 Å². The third-order valence-corrected chi connectivity index (χ3v) is 4.81. The summed E-state index contributed by atoms with van der Waals surface area (Å²) >= 11 is 5.86. The first kappa shape index (κ1) is 19.7. The van der Waals surface area contributed by atoms with Crippen molar-refractivity contribution >= 4 is 29.9 Å². The Morgan fingerprint density at radius 1 is 1.40 bits per heavy atom. The molecule has 136 valence electrons. The van der Waals surface area contributed by atoms with E-state index < -0.39 is 5.54 Å². The summed E-state index contributed by atoms with van der Waals surface area (Å²) in [7, 11) is 0. The van der Waals surface area contributed by atoms with E-state index in [9.17, 15) is 4.79 Å². The summed E-state index contributed by atoms with van der Waals surface area (Å²) in [6, 6.07) is 7.16. The number of hydrogen-bond donors (Lipinski definition) is 2. The lowest BCUT2D eigenvalue weighted by atomic mass is 9.74. The lowest BCUT2D eigenvalue weighted by Crippen LogP contribution is -2.52. The first-order valence-electron chi connectivity index (χ1n) is 8.11. The minimum absolute atomic E-state index is 0. The molecule has 1 fully saturated rings. The van der Waals surface area contributed by atoms with Gasteiger partial charge in [-0.05, 0) is 44.0 Å². The third-order valence-electron chi connectivity index (χ3n) is 4.56. The Morgan fingerprint density at radius 2 is 2.12 bits per heavy atom. The summed E-state index contributed by atoms with van der Waals surface area (Å²) in [5.74, 6) is 0.607. The molecule has 1 aliphatic carbocycles. The molecule has 1 aliphatic rings. The van der Waals surface area contributed by atoms with Crippen LogP contribution in [0.5, 0.6) is 0 Å². The number of carbonyl (C=O) groups excluding carboxylic acids is 1. The van der Waals surface area contributed by atoms with E-state index in [2.05, 4.69) is 15.5 Å². The summed E-state index contributed by atoms with van der Waals surface area (Å²) < 4.78 is 5.20. The van der Waals surface area contributed by atoms with Crippen molar-refractivity contribution in [2.75, 3.05) is 0 Å². The number of nitrogens with zero attached hydrogens (tertiary/aromatic N) is 2. The number of rotatable bonds is 4. The Balaban J connectivity index is 0.00000225. The normalized spacial score (nSPS) is 22.9. The average molecular weight is 385 g/mol. The topological polar surface area (TPSA) is 94.0 Å². The van der Waals surface area contributed by atoms with Crippen LogP contribution in [-0.2, 0) is 11.3 Å². The van der Waals surface area contributed by atoms with Crippen LogP contribution in [0.3, 0.4) is 0 Å². The molecule has 25 heavy (non-hydrogen) atoms. The smallest absolute Gasteiger partial charge is 0.246 e. The van der Waals surface area contributed by atoms with Gasteiger partial charge in [0.15, 0.2) is 0 Å². The molecule has 0 radical (unpaired) electrons. The maximum Gasteiger partial charge on any atom is 0.246 e. The molecule has 0 saturated heterocycles. The molecule has 3 rings (SSSR count). The van der Waals surface area contributed by atoms with Gasteiger partial charge >= 0.3 is 0 Å². The minimum atomic E-state index is -0.453. The van der Waals surface area contributed by atoms with Gasteiger partial charge in [0.1, 0.15) is 0 Å². The predicted octanol–water partition coefficient (Wildman–Crippen LogP) is 3.34. The summed E-state index contributed by atoms with van der Waals surface area (Å²) in [6.07, 6.45) is 3.79. The second-order valence-electron chi connectivity index (χ2n) is 6.54. The van der Waals surface area contributed by atoms with E-state index in [1.165, 1.54) is 0 Å². The average Bonchev–Trinajstić information content (AvgIpc) is 3.02. The first-order chi connectivity index (χ1) is 11.5. The fourth-order valence-corrected chi connectivity index (χ4v) is 3.24. The van der Waals surface area contributed by atoms with Crippen LogP contribution in [-0.4, -0.2) is 21.6 Å². The molecule has 3 N–H and O–H groups in total. The highest BCUT2D eigenvalue weighted by Gasteiger charge is 2.37. The van der Waals surface area contributed by atoms with E-state index in [4.69, 9.17) is 21.9 Å². The summed E-state index contributed by atoms with van der Waals surface area (Å²) in [4.78, 5) is 16.7. The fourth-order valence-electron chi connectivity index (χ4n) is 3.12. The van der Waals surface area contributed by atoms with Gasteiger partial charge in [-0.2, -0.15) is 4.98 Å². The number of halogens is 2. The van der Waals surface area contributed by atoms with Crippen LogP contribution in [0.1, 0.15) is 38.5 Å². The second-order valence-corrected chi connectivity index (χ2v) is 6.98. The number of benzene rings is 1. The van der Waals surface area contributed by atoms with Crippen molar-refractivity contribution in [2.45, 2.75) is 44.7 Å². The largest absolute Gasteiger partial charge is 0.347 e. The number of nitrogens with one attached hydrogen (secondary N) is 1. The van der Waals surface area contributed by atoms with Crippen LogP contribution in [0.4, 0.5) is 0 Å². The molecular formula is C17H22Cl2N4O2. The molecule has 2 atom stereocenters. The molecule has 1 saturated carbocycles. The maximum absolute atomic E-state index is 12.4. The van der Waals surface area contributed by atoms with Crippen LogP contribution >= 0.6 is 24.0 Å². The zero-order valence-corrected chi connectivity index (χ0v) is 15.6. The van der Waals surface area contributed by atoms with Crippen molar-refractivity contribution in [3.8, 4) is 11.4 Å². The van der Waals surface area contributed by atoms with Crippen molar-refractivity contribution in [2.24, 2.45) is 11.7 Å². The minimum Gasteiger partial charge on any atom is -0.347 e. The van der Waals surface area contributed by atoms with Crippen molar-refractivity contribution < 1.29 is 9.32 Å². The molecule has 1 heterocycles. The SMILES string of the molecule is CC1(N)CCCCC1C(=O)NCc1nc(-c2ccc(Cl)cc2)no1.Cl. The summed E-state index contributed by atoms with van der Waals surface area (Å²) in [5, 5.41) is 7.44. The lowest BCUT2D eigenvalue weighted by Gasteiger charge is -2.37. The van der Waals surface area contributed by atoms with E-state index in [0.29, 0.717) is 16.7 Å². The van der Waals surface area contributed by atoms with Crippen LogP contribution in [0.15, 0.2) is 28.8 Å². The molecule has 0 bridgehead atoms. The zero-order valence-electron chi connectivity index (χ0n) is 14.0.